The Kier molecular flexibility index (Phi) is 5.21. The van der Waals surface area contributed by atoms with Gasteiger partial charge >= 0.3 is 0 Å². The first-order valence-corrected chi connectivity index (χ1v) is 11.5. The number of piperidine rings is 1. The van der Waals surface area contributed by atoms with Crippen molar-refractivity contribution in [2.45, 2.75) is 43.7 Å². The van der Waals surface area contributed by atoms with E-state index in [1.807, 2.05) is 30.9 Å². The van der Waals surface area contributed by atoms with Crippen LogP contribution in [0.25, 0.3) is 0 Å². The van der Waals surface area contributed by atoms with Gasteiger partial charge < -0.3 is 9.47 Å². The number of hydrogen-bond donors (Lipinski definition) is 1. The number of likely N-dealkylation sites (tertiary alicyclic amines) is 1. The van der Waals surface area contributed by atoms with E-state index in [-0.39, 0.29) is 22.6 Å². The molecule has 4 rings (SSSR count). The summed E-state index contributed by atoms with van der Waals surface area (Å²) in [5.74, 6) is 0.173. The Morgan fingerprint density at radius 2 is 1.76 bits per heavy atom. The molecule has 8 heteroatoms. The number of benzene rings is 1. The molecule has 0 spiro atoms. The van der Waals surface area contributed by atoms with Crippen molar-refractivity contribution in [1.29, 1.82) is 0 Å². The second kappa shape index (κ2) is 7.67. The topological polar surface area (TPSA) is 83.8 Å². The molecule has 1 N–H and O–H groups in total. The smallest absolute Gasteiger partial charge is 0.263 e. The predicted octanol–water partition coefficient (Wildman–Crippen LogP) is 2.41. The van der Waals surface area contributed by atoms with Crippen molar-refractivity contribution in [3.63, 3.8) is 0 Å². The van der Waals surface area contributed by atoms with E-state index in [2.05, 4.69) is 26.7 Å². The molecular weight excluding hydrogens is 388 g/mol. The van der Waals surface area contributed by atoms with Crippen LogP contribution >= 0.6 is 0 Å². The molecule has 0 unspecified atom stereocenters. The fourth-order valence-electron chi connectivity index (χ4n) is 4.02. The van der Waals surface area contributed by atoms with Gasteiger partial charge in [-0.25, -0.2) is 8.42 Å². The highest BCUT2D eigenvalue weighted by Crippen LogP contribution is 2.26. The number of sulfonamides is 1. The Morgan fingerprint density at radius 1 is 1.10 bits per heavy atom. The molecule has 0 bridgehead atoms. The number of fused-ring (bicyclic) bond motifs is 1. The molecule has 2 aliphatic heterocycles. The number of carbonyl (C=O) groups excluding carboxylic acids is 1. The van der Waals surface area contributed by atoms with Crippen molar-refractivity contribution < 1.29 is 13.2 Å². The van der Waals surface area contributed by atoms with Crippen LogP contribution in [0, 0.1) is 5.92 Å². The predicted molar refractivity (Wildman–Crippen MR) is 111 cm³/mol. The largest absolute Gasteiger partial charge is 0.351 e. The fourth-order valence-corrected chi connectivity index (χ4v) is 5.26. The van der Waals surface area contributed by atoms with E-state index in [4.69, 9.17) is 0 Å². The van der Waals surface area contributed by atoms with Gasteiger partial charge in [-0.05, 0) is 43.0 Å². The number of amidine groups is 1. The molecule has 2 aliphatic rings. The lowest BCUT2D eigenvalue weighted by Gasteiger charge is -2.35. The van der Waals surface area contributed by atoms with E-state index < -0.39 is 16.1 Å². The number of aromatic nitrogens is 1. The van der Waals surface area contributed by atoms with Crippen LogP contribution < -0.4 is 4.72 Å². The molecule has 1 amide bonds. The average molecular weight is 415 g/mol. The van der Waals surface area contributed by atoms with Gasteiger partial charge in [0.05, 0.1) is 4.90 Å². The molecule has 0 aliphatic carbocycles. The van der Waals surface area contributed by atoms with Gasteiger partial charge in [-0.15, -0.1) is 0 Å². The zero-order valence-electron chi connectivity index (χ0n) is 16.7. The Balaban J connectivity index is 1.53. The summed E-state index contributed by atoms with van der Waals surface area (Å²) in [4.78, 5) is 19.9. The molecule has 1 saturated heterocycles. The number of nitrogens with zero attached hydrogens (tertiary/aromatic N) is 3. The second-order valence-corrected chi connectivity index (χ2v) is 9.61. The summed E-state index contributed by atoms with van der Waals surface area (Å²) in [5, 5.41) is 0. The summed E-state index contributed by atoms with van der Waals surface area (Å²) in [5.41, 5.74) is 0.525. The molecule has 1 fully saturated rings. The number of hydrogen-bond acceptors (Lipinski definition) is 4. The number of amides is 1. The number of carbonyl (C=O) groups is 1. The van der Waals surface area contributed by atoms with Crippen molar-refractivity contribution in [3.8, 4) is 0 Å². The number of nitrogens with one attached hydrogen (secondary N) is 1. The summed E-state index contributed by atoms with van der Waals surface area (Å²) >= 11 is 0. The fraction of sp³-hybridized carbons (Fsp3) is 0.429. The molecule has 0 radical (unpaired) electrons. The molecule has 29 heavy (non-hydrogen) atoms. The first kappa shape index (κ1) is 19.7. The maximum atomic E-state index is 13.2. The van der Waals surface area contributed by atoms with Crippen molar-refractivity contribution in [2.75, 3.05) is 13.1 Å². The summed E-state index contributed by atoms with van der Waals surface area (Å²) < 4.78 is 29.4. The molecule has 154 valence electrons. The second-order valence-electron chi connectivity index (χ2n) is 7.95. The van der Waals surface area contributed by atoms with E-state index in [1.165, 1.54) is 0 Å². The van der Waals surface area contributed by atoms with E-state index in [9.17, 15) is 13.2 Å². The van der Waals surface area contributed by atoms with Crippen LogP contribution in [-0.4, -0.2) is 48.8 Å². The van der Waals surface area contributed by atoms with Crippen LogP contribution in [0.15, 0.2) is 58.7 Å². The monoisotopic (exact) mass is 414 g/mol. The van der Waals surface area contributed by atoms with Gasteiger partial charge in [0.1, 0.15) is 11.9 Å². The number of aliphatic imine (C=N–C) groups is 1. The summed E-state index contributed by atoms with van der Waals surface area (Å²) in [7, 11) is -3.62. The molecule has 1 aromatic carbocycles. The molecule has 1 aromatic heterocycles. The highest BCUT2D eigenvalue weighted by molar-refractivity contribution is 7.90. The minimum absolute atomic E-state index is 0.0398. The SMILES string of the molecule is CC(C)[C@H](N=C1NS(=O)(=O)c2ccccc21)C(=O)N1CCC(n2cccc2)CC1. The molecule has 2 aromatic rings. The third-order valence-corrected chi connectivity index (χ3v) is 7.04. The van der Waals surface area contributed by atoms with E-state index in [0.717, 1.165) is 12.8 Å². The van der Waals surface area contributed by atoms with Gasteiger partial charge in [0.15, 0.2) is 0 Å². The highest BCUT2D eigenvalue weighted by atomic mass is 32.2. The Morgan fingerprint density at radius 3 is 2.41 bits per heavy atom. The van der Waals surface area contributed by atoms with Crippen molar-refractivity contribution in [3.05, 3.63) is 54.4 Å². The first-order chi connectivity index (χ1) is 13.9. The Bertz CT molecular complexity index is 1020. The van der Waals surface area contributed by atoms with Crippen LogP contribution in [0.5, 0.6) is 0 Å². The van der Waals surface area contributed by atoms with Gasteiger partial charge in [-0.1, -0.05) is 26.0 Å². The first-order valence-electron chi connectivity index (χ1n) is 9.98. The molecule has 3 heterocycles. The summed E-state index contributed by atoms with van der Waals surface area (Å²) in [6.45, 7) is 5.24. The maximum absolute atomic E-state index is 13.2. The van der Waals surface area contributed by atoms with Gasteiger partial charge in [0.25, 0.3) is 10.0 Å². The van der Waals surface area contributed by atoms with Crippen LogP contribution in [0.1, 0.15) is 38.3 Å². The highest BCUT2D eigenvalue weighted by Gasteiger charge is 2.34. The van der Waals surface area contributed by atoms with Crippen molar-refractivity contribution in [1.82, 2.24) is 14.2 Å². The lowest BCUT2D eigenvalue weighted by atomic mass is 9.99. The van der Waals surface area contributed by atoms with Gasteiger partial charge in [-0.2, -0.15) is 0 Å². The molecule has 7 nitrogen and oxygen atoms in total. The quantitative estimate of drug-likeness (QED) is 0.834. The normalized spacial score (nSPS) is 21.2. The zero-order valence-corrected chi connectivity index (χ0v) is 17.5. The zero-order chi connectivity index (χ0) is 20.6. The van der Waals surface area contributed by atoms with Gasteiger partial charge in [0, 0.05) is 37.1 Å². The van der Waals surface area contributed by atoms with Crippen LogP contribution in [-0.2, 0) is 14.8 Å². The Hall–Kier alpha value is -2.61. The van der Waals surface area contributed by atoms with Crippen LogP contribution in [0.3, 0.4) is 0 Å². The maximum Gasteiger partial charge on any atom is 0.263 e. The molecular formula is C21H26N4O3S. The standard InChI is InChI=1S/C21H26N4O3S/c1-15(2)19(22-20-17-7-3-4-8-18(17)29(27,28)23-20)21(26)25-13-9-16(10-14-25)24-11-5-6-12-24/h3-8,11-12,15-16,19H,9-10,13-14H2,1-2H3,(H,22,23)/t19-/m0/s1. The minimum Gasteiger partial charge on any atom is -0.351 e. The third kappa shape index (κ3) is 3.81. The van der Waals surface area contributed by atoms with Crippen LogP contribution in [0.4, 0.5) is 0 Å². The number of rotatable bonds is 4. The third-order valence-electron chi connectivity index (χ3n) is 5.64. The lowest BCUT2D eigenvalue weighted by Crippen LogP contribution is -2.45. The van der Waals surface area contributed by atoms with E-state index >= 15 is 0 Å². The average Bonchev–Trinajstić information content (AvgIpc) is 3.33. The van der Waals surface area contributed by atoms with E-state index in [1.54, 1.807) is 24.3 Å². The van der Waals surface area contributed by atoms with E-state index in [0.29, 0.717) is 24.7 Å². The van der Waals surface area contributed by atoms with Crippen LogP contribution in [0.2, 0.25) is 0 Å². The summed E-state index contributed by atoms with van der Waals surface area (Å²) in [6.07, 6.45) is 5.93. The Labute approximate surface area is 171 Å². The summed E-state index contributed by atoms with van der Waals surface area (Å²) in [6, 6.07) is 10.5. The van der Waals surface area contributed by atoms with Crippen molar-refractivity contribution in [2.24, 2.45) is 10.9 Å². The van der Waals surface area contributed by atoms with Gasteiger partial charge in [0.2, 0.25) is 5.91 Å². The lowest BCUT2D eigenvalue weighted by molar-refractivity contribution is -0.134. The van der Waals surface area contributed by atoms with Crippen molar-refractivity contribution >= 4 is 21.8 Å². The van der Waals surface area contributed by atoms with Gasteiger partial charge in [-0.3, -0.25) is 14.5 Å². The molecule has 0 saturated carbocycles. The minimum atomic E-state index is -3.62. The molecule has 1 atom stereocenters.